The Morgan fingerprint density at radius 1 is 1.36 bits per heavy atom. The van der Waals surface area contributed by atoms with Gasteiger partial charge in [0.2, 0.25) is 0 Å². The van der Waals surface area contributed by atoms with Crippen LogP contribution in [0.15, 0.2) is 0 Å². The standard InChI is InChI=1S/C9H19NO/c1-11-7-9(10)8-5-3-2-4-6-8/h8-9H,2-7,10H2,1H3/t9-/m0/s1. The van der Waals surface area contributed by atoms with Gasteiger partial charge in [0.05, 0.1) is 6.61 Å². The molecule has 2 heteroatoms. The van der Waals surface area contributed by atoms with Gasteiger partial charge in [0, 0.05) is 13.2 Å². The smallest absolute Gasteiger partial charge is 0.0616 e. The van der Waals surface area contributed by atoms with Gasteiger partial charge in [-0.3, -0.25) is 0 Å². The largest absolute Gasteiger partial charge is 0.383 e. The van der Waals surface area contributed by atoms with Crippen LogP contribution in [0.3, 0.4) is 0 Å². The highest BCUT2D eigenvalue weighted by Gasteiger charge is 2.19. The predicted molar refractivity (Wildman–Crippen MR) is 46.4 cm³/mol. The van der Waals surface area contributed by atoms with Crippen LogP contribution in [0.4, 0.5) is 0 Å². The van der Waals surface area contributed by atoms with Crippen molar-refractivity contribution in [3.8, 4) is 0 Å². The quantitative estimate of drug-likeness (QED) is 0.674. The summed E-state index contributed by atoms with van der Waals surface area (Å²) < 4.78 is 5.03. The molecule has 1 atom stereocenters. The fraction of sp³-hybridized carbons (Fsp3) is 1.00. The average Bonchev–Trinajstić information content (AvgIpc) is 2.07. The molecule has 0 spiro atoms. The average molecular weight is 157 g/mol. The Kier molecular flexibility index (Phi) is 3.87. The zero-order valence-corrected chi connectivity index (χ0v) is 7.38. The van der Waals surface area contributed by atoms with E-state index in [1.54, 1.807) is 7.11 Å². The molecule has 0 bridgehead atoms. The van der Waals surface area contributed by atoms with Gasteiger partial charge in [-0.05, 0) is 18.8 Å². The zero-order valence-electron chi connectivity index (χ0n) is 7.38. The van der Waals surface area contributed by atoms with Crippen molar-refractivity contribution in [3.63, 3.8) is 0 Å². The fourth-order valence-corrected chi connectivity index (χ4v) is 1.89. The topological polar surface area (TPSA) is 35.2 Å². The van der Waals surface area contributed by atoms with Gasteiger partial charge in [0.1, 0.15) is 0 Å². The van der Waals surface area contributed by atoms with E-state index >= 15 is 0 Å². The van der Waals surface area contributed by atoms with Crippen LogP contribution in [-0.4, -0.2) is 19.8 Å². The first-order valence-corrected chi connectivity index (χ1v) is 4.59. The Balaban J connectivity index is 2.21. The molecule has 1 aliphatic rings. The number of hydrogen-bond acceptors (Lipinski definition) is 2. The Bertz CT molecular complexity index is 99.7. The van der Waals surface area contributed by atoms with Crippen LogP contribution in [0.2, 0.25) is 0 Å². The van der Waals surface area contributed by atoms with Gasteiger partial charge in [-0.25, -0.2) is 0 Å². The van der Waals surface area contributed by atoms with E-state index in [2.05, 4.69) is 0 Å². The van der Waals surface area contributed by atoms with E-state index in [9.17, 15) is 0 Å². The van der Waals surface area contributed by atoms with Crippen molar-refractivity contribution in [2.45, 2.75) is 38.1 Å². The molecule has 11 heavy (non-hydrogen) atoms. The Labute approximate surface area is 69.1 Å². The van der Waals surface area contributed by atoms with Crippen LogP contribution in [0.5, 0.6) is 0 Å². The molecule has 0 saturated heterocycles. The van der Waals surface area contributed by atoms with Gasteiger partial charge in [-0.2, -0.15) is 0 Å². The minimum Gasteiger partial charge on any atom is -0.383 e. The van der Waals surface area contributed by atoms with E-state index in [-0.39, 0.29) is 6.04 Å². The molecular weight excluding hydrogens is 138 g/mol. The van der Waals surface area contributed by atoms with Gasteiger partial charge in [-0.15, -0.1) is 0 Å². The second kappa shape index (κ2) is 4.73. The maximum absolute atomic E-state index is 5.93. The third kappa shape index (κ3) is 2.80. The molecule has 0 radical (unpaired) electrons. The maximum Gasteiger partial charge on any atom is 0.0616 e. The van der Waals surface area contributed by atoms with Crippen molar-refractivity contribution < 1.29 is 4.74 Å². The van der Waals surface area contributed by atoms with Crippen molar-refractivity contribution in [3.05, 3.63) is 0 Å². The van der Waals surface area contributed by atoms with E-state index in [1.165, 1.54) is 32.1 Å². The molecule has 1 fully saturated rings. The monoisotopic (exact) mass is 157 g/mol. The molecule has 0 aliphatic heterocycles. The first-order valence-electron chi connectivity index (χ1n) is 4.59. The summed E-state index contributed by atoms with van der Waals surface area (Å²) in [6, 6.07) is 0.278. The molecule has 0 aromatic rings. The first kappa shape index (κ1) is 9.01. The van der Waals surface area contributed by atoms with Gasteiger partial charge in [0.15, 0.2) is 0 Å². The van der Waals surface area contributed by atoms with Gasteiger partial charge < -0.3 is 10.5 Å². The van der Waals surface area contributed by atoms with Crippen molar-refractivity contribution >= 4 is 0 Å². The molecule has 1 rings (SSSR count). The van der Waals surface area contributed by atoms with Crippen LogP contribution in [0.25, 0.3) is 0 Å². The van der Waals surface area contributed by atoms with Crippen molar-refractivity contribution in [2.75, 3.05) is 13.7 Å². The molecule has 0 aromatic carbocycles. The number of methoxy groups -OCH3 is 1. The highest BCUT2D eigenvalue weighted by molar-refractivity contribution is 4.75. The van der Waals surface area contributed by atoms with Crippen LogP contribution < -0.4 is 5.73 Å². The van der Waals surface area contributed by atoms with Crippen molar-refractivity contribution in [1.29, 1.82) is 0 Å². The van der Waals surface area contributed by atoms with Crippen molar-refractivity contribution in [1.82, 2.24) is 0 Å². The van der Waals surface area contributed by atoms with E-state index in [1.807, 2.05) is 0 Å². The highest BCUT2D eigenvalue weighted by Crippen LogP contribution is 2.25. The van der Waals surface area contributed by atoms with E-state index in [0.29, 0.717) is 0 Å². The Hall–Kier alpha value is -0.0800. The molecule has 0 heterocycles. The molecule has 0 aromatic heterocycles. The summed E-state index contributed by atoms with van der Waals surface area (Å²) >= 11 is 0. The van der Waals surface area contributed by atoms with Gasteiger partial charge >= 0.3 is 0 Å². The van der Waals surface area contributed by atoms with E-state index in [0.717, 1.165) is 12.5 Å². The van der Waals surface area contributed by atoms with Crippen molar-refractivity contribution in [2.24, 2.45) is 11.7 Å². The maximum atomic E-state index is 5.93. The summed E-state index contributed by atoms with van der Waals surface area (Å²) in [4.78, 5) is 0. The number of hydrogen-bond donors (Lipinski definition) is 1. The molecular formula is C9H19NO. The molecule has 0 amide bonds. The van der Waals surface area contributed by atoms with Crippen LogP contribution in [0.1, 0.15) is 32.1 Å². The summed E-state index contributed by atoms with van der Waals surface area (Å²) in [5, 5.41) is 0. The van der Waals surface area contributed by atoms with Crippen LogP contribution in [-0.2, 0) is 4.74 Å². The lowest BCUT2D eigenvalue weighted by Crippen LogP contribution is -2.35. The third-order valence-corrected chi connectivity index (χ3v) is 2.61. The Morgan fingerprint density at radius 3 is 2.55 bits per heavy atom. The lowest BCUT2D eigenvalue weighted by Gasteiger charge is -2.26. The van der Waals surface area contributed by atoms with Gasteiger partial charge in [0.25, 0.3) is 0 Å². The molecule has 1 saturated carbocycles. The minimum atomic E-state index is 0.278. The summed E-state index contributed by atoms with van der Waals surface area (Å²) in [6.45, 7) is 0.727. The normalized spacial score (nSPS) is 23.5. The number of rotatable bonds is 3. The summed E-state index contributed by atoms with van der Waals surface area (Å²) in [6.07, 6.45) is 6.75. The van der Waals surface area contributed by atoms with Crippen LogP contribution in [0, 0.1) is 5.92 Å². The second-order valence-corrected chi connectivity index (χ2v) is 3.52. The predicted octanol–water partition coefficient (Wildman–Crippen LogP) is 1.54. The Morgan fingerprint density at radius 2 is 2.00 bits per heavy atom. The summed E-state index contributed by atoms with van der Waals surface area (Å²) in [7, 11) is 1.72. The van der Waals surface area contributed by atoms with Crippen LogP contribution >= 0.6 is 0 Å². The zero-order chi connectivity index (χ0) is 8.10. The minimum absolute atomic E-state index is 0.278. The molecule has 66 valence electrons. The molecule has 1 aliphatic carbocycles. The highest BCUT2D eigenvalue weighted by atomic mass is 16.5. The summed E-state index contributed by atoms with van der Waals surface area (Å²) in [5.41, 5.74) is 5.93. The van der Waals surface area contributed by atoms with Gasteiger partial charge in [-0.1, -0.05) is 19.3 Å². The molecule has 2 nitrogen and oxygen atoms in total. The van der Waals surface area contributed by atoms with E-state index < -0.39 is 0 Å². The van der Waals surface area contributed by atoms with E-state index in [4.69, 9.17) is 10.5 Å². The molecule has 0 unspecified atom stereocenters. The number of ether oxygens (including phenoxy) is 1. The second-order valence-electron chi connectivity index (χ2n) is 3.52. The molecule has 2 N–H and O–H groups in total. The third-order valence-electron chi connectivity index (χ3n) is 2.61. The lowest BCUT2D eigenvalue weighted by molar-refractivity contribution is 0.144. The first-order chi connectivity index (χ1) is 5.34. The summed E-state index contributed by atoms with van der Waals surface area (Å²) in [5.74, 6) is 0.726. The SMILES string of the molecule is COC[C@H](N)C1CCCCC1. The fourth-order valence-electron chi connectivity index (χ4n) is 1.89. The number of nitrogens with two attached hydrogens (primary N) is 1. The lowest BCUT2D eigenvalue weighted by atomic mass is 9.84.